The summed E-state index contributed by atoms with van der Waals surface area (Å²) in [5.74, 6) is -1.17. The number of H-pyrrole nitrogens is 3. The van der Waals surface area contributed by atoms with Gasteiger partial charge in [-0.2, -0.15) is 0 Å². The fourth-order valence-electron chi connectivity index (χ4n) is 7.75. The first-order valence-electron chi connectivity index (χ1n) is 16.6. The second-order valence-corrected chi connectivity index (χ2v) is 13.1. The fraction of sp³-hybridized carbons (Fsp3) is 0.359. The Morgan fingerprint density at radius 2 is 1.52 bits per heavy atom. The molecule has 0 spiro atoms. The fourth-order valence-corrected chi connectivity index (χ4v) is 7.75. The summed E-state index contributed by atoms with van der Waals surface area (Å²) in [5, 5.41) is 35.5. The van der Waals surface area contributed by atoms with E-state index < -0.39 is 17.3 Å². The molecule has 3 aromatic heterocycles. The van der Waals surface area contributed by atoms with Gasteiger partial charge in [-0.1, -0.05) is 24.8 Å². The van der Waals surface area contributed by atoms with Crippen LogP contribution >= 0.6 is 0 Å². The van der Waals surface area contributed by atoms with Gasteiger partial charge in [0.1, 0.15) is 0 Å². The lowest BCUT2D eigenvalue weighted by atomic mass is 9.65. The number of nitrogens with one attached hydrogen (secondary N) is 4. The molecule has 3 aromatic rings. The highest BCUT2D eigenvalue weighted by Gasteiger charge is 2.53. The van der Waals surface area contributed by atoms with Crippen molar-refractivity contribution >= 4 is 36.3 Å². The van der Waals surface area contributed by atoms with Crippen molar-refractivity contribution in [3.05, 3.63) is 108 Å². The average Bonchev–Trinajstić information content (AvgIpc) is 3.73. The van der Waals surface area contributed by atoms with Crippen molar-refractivity contribution in [3.8, 4) is 0 Å². The third-order valence-electron chi connectivity index (χ3n) is 10.5. The van der Waals surface area contributed by atoms with E-state index in [0.29, 0.717) is 31.3 Å². The van der Waals surface area contributed by atoms with E-state index in [4.69, 9.17) is 4.74 Å². The highest BCUT2D eigenvalue weighted by molar-refractivity contribution is 5.84. The molecular weight excluding hydrogens is 604 g/mol. The minimum absolute atomic E-state index is 0.0744. The standard InChI is InChI=1S/C39H46N4O5/c1-7-25-21(2)30-17-35-28-13-12-24(20-46)37(38(47)48-6)39(28,5)36(43-35)19-31-23(4)27(11-9-15-45)34(42-31)18-33-26(10-8-14-44)22(3)29(41-33)16-32(25)40-30/h7,12-13,16-19,37,40-46H,1,8-11,14-15,20H2,2-6H3. The molecule has 5 heterocycles. The first-order chi connectivity index (χ1) is 23.1. The third kappa shape index (κ3) is 5.36. The van der Waals surface area contributed by atoms with Crippen LogP contribution in [0.15, 0.2) is 41.3 Å². The predicted molar refractivity (Wildman–Crippen MR) is 190 cm³/mol. The Hall–Kier alpha value is -4.57. The number of fused-ring (bicyclic) bond motifs is 11. The summed E-state index contributed by atoms with van der Waals surface area (Å²) in [6, 6.07) is 0. The molecule has 1 fully saturated rings. The van der Waals surface area contributed by atoms with Gasteiger partial charge in [0.15, 0.2) is 0 Å². The lowest BCUT2D eigenvalue weighted by Crippen LogP contribution is -2.39. The second-order valence-electron chi connectivity index (χ2n) is 13.1. The van der Waals surface area contributed by atoms with E-state index in [2.05, 4.69) is 71.9 Å². The lowest BCUT2D eigenvalue weighted by Gasteiger charge is -2.37. The third-order valence-corrected chi connectivity index (χ3v) is 10.5. The van der Waals surface area contributed by atoms with Crippen LogP contribution in [0.25, 0.3) is 30.4 Å². The first-order valence-corrected chi connectivity index (χ1v) is 16.6. The van der Waals surface area contributed by atoms with Crippen molar-refractivity contribution in [1.82, 2.24) is 20.3 Å². The van der Waals surface area contributed by atoms with Crippen LogP contribution < -0.4 is 16.0 Å². The number of carbonyl (C=O) groups excluding carboxylic acids is 1. The zero-order valence-electron chi connectivity index (χ0n) is 28.4. The van der Waals surface area contributed by atoms with Crippen LogP contribution in [0.2, 0.25) is 0 Å². The number of rotatable bonds is 9. The summed E-state index contributed by atoms with van der Waals surface area (Å²) in [5.41, 5.74) is 12.3. The summed E-state index contributed by atoms with van der Waals surface area (Å²) in [7, 11) is 1.38. The normalized spacial score (nSPS) is 19.6. The van der Waals surface area contributed by atoms with Gasteiger partial charge in [-0.05, 0) is 117 Å². The van der Waals surface area contributed by atoms with Gasteiger partial charge in [0.25, 0.3) is 0 Å². The van der Waals surface area contributed by atoms with Gasteiger partial charge in [-0.3, -0.25) is 4.79 Å². The summed E-state index contributed by atoms with van der Waals surface area (Å²) < 4.78 is 5.34. The van der Waals surface area contributed by atoms with Gasteiger partial charge in [0.05, 0.1) is 25.0 Å². The van der Waals surface area contributed by atoms with Gasteiger partial charge in [-0.25, -0.2) is 0 Å². The Bertz CT molecular complexity index is 2050. The molecule has 0 aromatic carbocycles. The van der Waals surface area contributed by atoms with Crippen molar-refractivity contribution < 1.29 is 24.9 Å². The highest BCUT2D eigenvalue weighted by Crippen LogP contribution is 2.55. The Labute approximate surface area is 280 Å². The Kier molecular flexibility index (Phi) is 9.13. The maximum atomic E-state index is 13.5. The number of esters is 1. The van der Waals surface area contributed by atoms with Gasteiger partial charge >= 0.3 is 5.97 Å². The van der Waals surface area contributed by atoms with Crippen LogP contribution in [-0.2, 0) is 22.4 Å². The molecule has 252 valence electrons. The van der Waals surface area contributed by atoms with Crippen LogP contribution in [0.3, 0.4) is 0 Å². The topological polar surface area (TPSA) is 146 Å². The summed E-state index contributed by atoms with van der Waals surface area (Å²) in [6.45, 7) is 12.3. The van der Waals surface area contributed by atoms with Crippen LogP contribution in [0, 0.1) is 32.1 Å². The molecule has 1 saturated heterocycles. The quantitative estimate of drug-likeness (QED) is 0.176. The molecule has 2 unspecified atom stereocenters. The van der Waals surface area contributed by atoms with Gasteiger partial charge in [0, 0.05) is 63.6 Å². The molecule has 48 heavy (non-hydrogen) atoms. The monoisotopic (exact) mass is 650 g/mol. The zero-order valence-corrected chi connectivity index (χ0v) is 28.4. The van der Waals surface area contributed by atoms with E-state index in [1.54, 1.807) is 0 Å². The van der Waals surface area contributed by atoms with Crippen LogP contribution in [0.4, 0.5) is 0 Å². The van der Waals surface area contributed by atoms with E-state index in [0.717, 1.165) is 83.8 Å². The summed E-state index contributed by atoms with van der Waals surface area (Å²) >= 11 is 0. The number of hydrogen-bond donors (Lipinski definition) is 7. The number of methoxy groups -OCH3 is 1. The predicted octanol–water partition coefficient (Wildman–Crippen LogP) is 3.70. The minimum Gasteiger partial charge on any atom is -0.469 e. The molecule has 3 aliphatic rings. The first kappa shape index (κ1) is 33.3. The lowest BCUT2D eigenvalue weighted by molar-refractivity contribution is -0.146. The molecule has 8 bridgehead atoms. The van der Waals surface area contributed by atoms with Crippen molar-refractivity contribution in [2.24, 2.45) is 11.3 Å². The molecule has 6 rings (SSSR count). The number of aromatic amines is 3. The second kappa shape index (κ2) is 13.1. The molecule has 2 atom stereocenters. The van der Waals surface area contributed by atoms with E-state index >= 15 is 0 Å². The Balaban J connectivity index is 1.72. The van der Waals surface area contributed by atoms with Gasteiger partial charge in [-0.15, -0.1) is 0 Å². The number of aliphatic hydroxyl groups excluding tert-OH is 3. The molecule has 9 nitrogen and oxygen atoms in total. The Morgan fingerprint density at radius 3 is 2.19 bits per heavy atom. The molecule has 0 saturated carbocycles. The highest BCUT2D eigenvalue weighted by atomic mass is 16.5. The largest absolute Gasteiger partial charge is 0.469 e. The van der Waals surface area contributed by atoms with E-state index in [-0.39, 0.29) is 19.8 Å². The zero-order chi connectivity index (χ0) is 34.3. The Morgan fingerprint density at radius 1 is 0.854 bits per heavy atom. The smallest absolute Gasteiger partial charge is 0.314 e. The van der Waals surface area contributed by atoms with E-state index in [9.17, 15) is 20.1 Å². The molecule has 7 N–H and O–H groups in total. The molecule has 0 amide bonds. The number of ether oxygens (including phenoxy) is 1. The summed E-state index contributed by atoms with van der Waals surface area (Å²) in [4.78, 5) is 24.5. The summed E-state index contributed by atoms with van der Waals surface area (Å²) in [6.07, 6.45) is 16.7. The van der Waals surface area contributed by atoms with Gasteiger partial charge in [0.2, 0.25) is 0 Å². The number of allylic oxidation sites excluding steroid dienone is 4. The SMILES string of the molecule is C=Cc1c2[nH]c(c1C)C=C1NC(=Cc3[nH]c(c(CCCO)c3C)C=c3[nH]c(c(C)c3CCCO)=C2)C2(C)C1=CC=C(CO)C2C(=O)OC. The maximum Gasteiger partial charge on any atom is 0.314 e. The van der Waals surface area contributed by atoms with Crippen molar-refractivity contribution in [2.75, 3.05) is 26.9 Å². The minimum atomic E-state index is -0.869. The molecule has 9 heteroatoms. The molecular formula is C39H46N4O5. The van der Waals surface area contributed by atoms with Gasteiger partial charge < -0.3 is 40.3 Å². The van der Waals surface area contributed by atoms with Crippen molar-refractivity contribution in [1.29, 1.82) is 0 Å². The number of carbonyl (C=O) groups is 1. The number of hydrogen-bond acceptors (Lipinski definition) is 6. The number of aliphatic hydroxyl groups is 3. The number of aromatic nitrogens is 3. The molecule has 0 radical (unpaired) electrons. The maximum absolute atomic E-state index is 13.5. The van der Waals surface area contributed by atoms with Crippen LogP contribution in [0.5, 0.6) is 0 Å². The average molecular weight is 651 g/mol. The van der Waals surface area contributed by atoms with Crippen LogP contribution in [0.1, 0.15) is 75.9 Å². The van der Waals surface area contributed by atoms with E-state index in [1.807, 2.05) is 25.2 Å². The van der Waals surface area contributed by atoms with E-state index in [1.165, 1.54) is 7.11 Å². The molecule has 2 aliphatic heterocycles. The van der Waals surface area contributed by atoms with Crippen molar-refractivity contribution in [2.45, 2.75) is 53.4 Å². The van der Waals surface area contributed by atoms with Crippen LogP contribution in [-0.4, -0.2) is 63.2 Å². The van der Waals surface area contributed by atoms with Crippen molar-refractivity contribution in [3.63, 3.8) is 0 Å². The molecule has 1 aliphatic carbocycles.